The zero-order valence-corrected chi connectivity index (χ0v) is 11.2. The summed E-state index contributed by atoms with van der Waals surface area (Å²) in [6.07, 6.45) is 3.39. The van der Waals surface area contributed by atoms with Gasteiger partial charge in [-0.1, -0.05) is 30.3 Å². The normalized spacial score (nSPS) is 9.00. The van der Waals surface area contributed by atoms with E-state index in [9.17, 15) is 4.79 Å². The van der Waals surface area contributed by atoms with Crippen LogP contribution in [0.25, 0.3) is 11.0 Å². The van der Waals surface area contributed by atoms with E-state index in [4.69, 9.17) is 0 Å². The third kappa shape index (κ3) is 6.45. The van der Waals surface area contributed by atoms with Crippen molar-refractivity contribution < 1.29 is 4.79 Å². The molecule has 0 fully saturated rings. The van der Waals surface area contributed by atoms with Crippen LogP contribution in [0.1, 0.15) is 6.92 Å². The second-order valence-electron chi connectivity index (χ2n) is 4.09. The predicted octanol–water partition coefficient (Wildman–Crippen LogP) is 2.63. The average molecular weight is 305 g/mol. The van der Waals surface area contributed by atoms with Gasteiger partial charge in [-0.2, -0.15) is 0 Å². The molecule has 0 spiro atoms. The third-order valence-corrected chi connectivity index (χ3v) is 2.47. The van der Waals surface area contributed by atoms with E-state index in [2.05, 4.69) is 15.3 Å². The largest absolute Gasteiger partial charge is 0.253 e. The van der Waals surface area contributed by atoms with E-state index < -0.39 is 0 Å². The number of carbonyl (C=O) groups is 1. The first kappa shape index (κ1) is 17.9. The summed E-state index contributed by atoms with van der Waals surface area (Å²) in [5.74, 6) is -0.0359. The van der Waals surface area contributed by atoms with E-state index in [1.165, 1.54) is 6.92 Å². The summed E-state index contributed by atoms with van der Waals surface area (Å²) in [4.78, 5) is 18.7. The van der Waals surface area contributed by atoms with Gasteiger partial charge in [0.05, 0.1) is 11.0 Å². The molecular weight excluding hydrogens is 289 g/mol. The van der Waals surface area contributed by atoms with Crippen LogP contribution < -0.4 is 5.32 Å². The molecule has 2 aromatic carbocycles. The molecule has 0 bridgehead atoms. The molecule has 3 aromatic rings. The molecule has 21 heavy (non-hydrogen) atoms. The molecule has 102 valence electrons. The molecule has 3 rings (SSSR count). The monoisotopic (exact) mass is 305 g/mol. The molecule has 0 atom stereocenters. The quantitative estimate of drug-likeness (QED) is 0.703. The molecule has 0 aliphatic rings. The Hall–Kier alpha value is -1.11. The molecule has 0 unspecified atom stereocenters. The summed E-state index contributed by atoms with van der Waals surface area (Å²) in [6, 6.07) is 17.2. The molecule has 1 amide bonds. The van der Waals surface area contributed by atoms with Crippen molar-refractivity contribution >= 4 is 74.0 Å². The van der Waals surface area contributed by atoms with E-state index in [-0.39, 0.29) is 57.3 Å². The fraction of sp³-hybridized carbons (Fsp3) is 0.0625. The van der Waals surface area contributed by atoms with Gasteiger partial charge >= 0.3 is 51.4 Å². The maximum atomic E-state index is 10.5. The molecule has 0 radical (unpaired) electrons. The third-order valence-electron chi connectivity index (χ3n) is 2.47. The number of amides is 1. The van der Waals surface area contributed by atoms with Gasteiger partial charge in [0, 0.05) is 25.0 Å². The molecule has 1 aromatic heterocycles. The Morgan fingerprint density at radius 3 is 1.81 bits per heavy atom. The van der Waals surface area contributed by atoms with Gasteiger partial charge < -0.3 is 5.32 Å². The molecule has 0 saturated carbocycles. The van der Waals surface area contributed by atoms with Gasteiger partial charge in [-0.25, -0.2) is 0 Å². The Bertz CT molecular complexity index is 624. The maximum Gasteiger partial charge on any atom is 0.0886 e. The minimum absolute atomic E-state index is 0. The standard InChI is InChI=1S/C8H6N2.C8H9NO.K.H/c1-2-4-8-7(3-1)9-5-6-10-8;1-7(10)9-8-5-3-2-4-6-8;;/h1-6H;2-6H,1H3,(H,9,10);;. The number of anilines is 1. The number of carbonyl (C=O) groups excluding carboxylic acids is 1. The van der Waals surface area contributed by atoms with Crippen LogP contribution in [0.2, 0.25) is 0 Å². The molecule has 0 aliphatic heterocycles. The van der Waals surface area contributed by atoms with Crippen molar-refractivity contribution in [2.24, 2.45) is 0 Å². The molecule has 5 heteroatoms. The Balaban J connectivity index is 0.000000200. The van der Waals surface area contributed by atoms with Gasteiger partial charge in [0.1, 0.15) is 0 Å². The van der Waals surface area contributed by atoms with Crippen molar-refractivity contribution in [3.05, 3.63) is 67.0 Å². The van der Waals surface area contributed by atoms with Crippen LogP contribution >= 0.6 is 0 Å². The van der Waals surface area contributed by atoms with Crippen molar-refractivity contribution in [2.75, 3.05) is 5.32 Å². The van der Waals surface area contributed by atoms with Crippen LogP contribution in [0.4, 0.5) is 5.69 Å². The van der Waals surface area contributed by atoms with E-state index in [1.807, 2.05) is 54.6 Å². The van der Waals surface area contributed by atoms with Gasteiger partial charge in [-0.05, 0) is 24.3 Å². The van der Waals surface area contributed by atoms with Crippen LogP contribution in [0.15, 0.2) is 67.0 Å². The Labute approximate surface area is 166 Å². The topological polar surface area (TPSA) is 54.9 Å². The van der Waals surface area contributed by atoms with Crippen LogP contribution in [-0.2, 0) is 4.79 Å². The van der Waals surface area contributed by atoms with Crippen molar-refractivity contribution in [3.63, 3.8) is 0 Å². The predicted molar refractivity (Wildman–Crippen MR) is 87.4 cm³/mol. The summed E-state index contributed by atoms with van der Waals surface area (Å²) >= 11 is 0. The number of nitrogens with one attached hydrogen (secondary N) is 1. The van der Waals surface area contributed by atoms with Crippen LogP contribution in [0.3, 0.4) is 0 Å². The van der Waals surface area contributed by atoms with Crippen molar-refractivity contribution in [1.29, 1.82) is 0 Å². The number of aromatic nitrogens is 2. The first-order valence-corrected chi connectivity index (χ1v) is 6.24. The summed E-state index contributed by atoms with van der Waals surface area (Å²) in [7, 11) is 0. The maximum absolute atomic E-state index is 10.5. The Morgan fingerprint density at radius 1 is 0.857 bits per heavy atom. The van der Waals surface area contributed by atoms with E-state index in [1.54, 1.807) is 12.4 Å². The Morgan fingerprint density at radius 2 is 1.33 bits per heavy atom. The summed E-state index contributed by atoms with van der Waals surface area (Å²) in [5.41, 5.74) is 2.74. The number of fused-ring (bicyclic) bond motifs is 1. The second-order valence-corrected chi connectivity index (χ2v) is 4.09. The first-order chi connectivity index (χ1) is 9.75. The summed E-state index contributed by atoms with van der Waals surface area (Å²) < 4.78 is 0. The van der Waals surface area contributed by atoms with E-state index in [0.717, 1.165) is 16.7 Å². The van der Waals surface area contributed by atoms with E-state index >= 15 is 0 Å². The Kier molecular flexibility index (Phi) is 8.33. The number of nitrogens with zero attached hydrogens (tertiary/aromatic N) is 2. The summed E-state index contributed by atoms with van der Waals surface area (Å²) in [6.45, 7) is 1.49. The van der Waals surface area contributed by atoms with E-state index in [0.29, 0.717) is 0 Å². The fourth-order valence-electron chi connectivity index (χ4n) is 1.63. The van der Waals surface area contributed by atoms with Crippen LogP contribution in [-0.4, -0.2) is 67.3 Å². The van der Waals surface area contributed by atoms with Crippen molar-refractivity contribution in [1.82, 2.24) is 9.97 Å². The van der Waals surface area contributed by atoms with Crippen molar-refractivity contribution in [2.45, 2.75) is 6.92 Å². The number of hydrogen-bond acceptors (Lipinski definition) is 3. The van der Waals surface area contributed by atoms with Gasteiger partial charge in [-0.15, -0.1) is 0 Å². The number of para-hydroxylation sites is 3. The molecule has 0 saturated heterocycles. The SMILES string of the molecule is CC(=O)Nc1ccccc1.[KH].c1ccc2nccnc2c1. The summed E-state index contributed by atoms with van der Waals surface area (Å²) in [5, 5.41) is 2.67. The van der Waals surface area contributed by atoms with Gasteiger partial charge in [0.2, 0.25) is 5.91 Å². The minimum Gasteiger partial charge on any atom is -0.253 e. The molecule has 0 aliphatic carbocycles. The zero-order chi connectivity index (χ0) is 14.2. The minimum atomic E-state index is -0.0359. The first-order valence-electron chi connectivity index (χ1n) is 6.24. The smallest absolute Gasteiger partial charge is 0.0886 e. The number of benzene rings is 2. The molecule has 4 nitrogen and oxygen atoms in total. The van der Waals surface area contributed by atoms with Gasteiger partial charge in [0.15, 0.2) is 0 Å². The zero-order valence-electron chi connectivity index (χ0n) is 11.2. The average Bonchev–Trinajstić information content (AvgIpc) is 2.48. The van der Waals surface area contributed by atoms with Crippen LogP contribution in [0, 0.1) is 0 Å². The molecule has 1 heterocycles. The van der Waals surface area contributed by atoms with Crippen LogP contribution in [0.5, 0.6) is 0 Å². The molecule has 1 N–H and O–H groups in total. The number of rotatable bonds is 1. The van der Waals surface area contributed by atoms with Gasteiger partial charge in [-0.3, -0.25) is 14.8 Å². The number of hydrogen-bond donors (Lipinski definition) is 1. The second kappa shape index (κ2) is 9.76. The molecular formula is C16H16KN3O. The van der Waals surface area contributed by atoms with Crippen molar-refractivity contribution in [3.8, 4) is 0 Å². The van der Waals surface area contributed by atoms with Gasteiger partial charge in [0.25, 0.3) is 0 Å². The fourth-order valence-corrected chi connectivity index (χ4v) is 1.63.